The molecule has 0 spiro atoms. The molecule has 0 saturated carbocycles. The summed E-state index contributed by atoms with van der Waals surface area (Å²) in [4.78, 5) is 0. The van der Waals surface area contributed by atoms with Crippen LogP contribution < -0.4 is 5.32 Å². The highest BCUT2D eigenvalue weighted by atomic mass is 35.5. The van der Waals surface area contributed by atoms with Crippen LogP contribution >= 0.6 is 23.2 Å². The third-order valence-electron chi connectivity index (χ3n) is 3.54. The Hall–Kier alpha value is -2.05. The van der Waals surface area contributed by atoms with Crippen LogP contribution in [0.4, 0.5) is 5.82 Å². The molecule has 0 radical (unpaired) electrons. The summed E-state index contributed by atoms with van der Waals surface area (Å²) in [5.74, 6) is 1.36. The fourth-order valence-electron chi connectivity index (χ4n) is 2.33. The number of nitrogens with one attached hydrogen (secondary N) is 1. The summed E-state index contributed by atoms with van der Waals surface area (Å²) in [6.07, 6.45) is 0. The minimum absolute atomic E-state index is 0.523. The van der Waals surface area contributed by atoms with E-state index in [1.165, 1.54) is 0 Å². The largest absolute Gasteiger partial charge is 0.363 e. The van der Waals surface area contributed by atoms with Crippen molar-refractivity contribution in [1.82, 2.24) is 24.5 Å². The number of rotatable bonds is 4. The van der Waals surface area contributed by atoms with Crippen LogP contribution in [0.15, 0.2) is 24.3 Å². The molecule has 3 rings (SSSR count). The smallest absolute Gasteiger partial charge is 0.176 e. The average molecular weight is 351 g/mol. The van der Waals surface area contributed by atoms with Crippen LogP contribution in [-0.2, 0) is 13.6 Å². The van der Waals surface area contributed by atoms with Crippen molar-refractivity contribution in [3.63, 3.8) is 0 Å². The van der Waals surface area contributed by atoms with Crippen molar-refractivity contribution in [3.05, 3.63) is 51.5 Å². The van der Waals surface area contributed by atoms with Gasteiger partial charge in [0.2, 0.25) is 0 Å². The van der Waals surface area contributed by atoms with E-state index in [9.17, 15) is 0 Å². The van der Waals surface area contributed by atoms with Crippen LogP contribution in [0, 0.1) is 13.8 Å². The first-order chi connectivity index (χ1) is 11.0. The molecule has 8 heteroatoms. The molecule has 0 aliphatic rings. The molecule has 3 aromatic rings. The van der Waals surface area contributed by atoms with Gasteiger partial charge in [-0.25, -0.2) is 4.68 Å². The minimum Gasteiger partial charge on any atom is -0.363 e. The number of nitrogens with zero attached hydrogens (tertiary/aromatic N) is 5. The maximum absolute atomic E-state index is 6.05. The molecule has 1 N–H and O–H groups in total. The van der Waals surface area contributed by atoms with Crippen LogP contribution in [-0.4, -0.2) is 24.5 Å². The van der Waals surface area contributed by atoms with Crippen molar-refractivity contribution in [2.24, 2.45) is 7.05 Å². The second-order valence-electron chi connectivity index (χ2n) is 5.30. The Kier molecular flexibility index (Phi) is 4.28. The Morgan fingerprint density at radius 1 is 1.13 bits per heavy atom. The van der Waals surface area contributed by atoms with Gasteiger partial charge in [-0.1, -0.05) is 23.2 Å². The molecule has 0 atom stereocenters. The van der Waals surface area contributed by atoms with Crippen LogP contribution in [0.1, 0.15) is 17.1 Å². The summed E-state index contributed by atoms with van der Waals surface area (Å²) in [6, 6.07) is 7.57. The van der Waals surface area contributed by atoms with Crippen molar-refractivity contribution < 1.29 is 0 Å². The number of aromatic nitrogens is 5. The van der Waals surface area contributed by atoms with Gasteiger partial charge < -0.3 is 9.88 Å². The Balaban J connectivity index is 1.73. The fraction of sp³-hybridized carbons (Fsp3) is 0.267. The van der Waals surface area contributed by atoms with Crippen molar-refractivity contribution in [1.29, 1.82) is 0 Å². The summed E-state index contributed by atoms with van der Waals surface area (Å²) in [6.45, 7) is 4.48. The van der Waals surface area contributed by atoms with Crippen molar-refractivity contribution in [2.75, 3.05) is 5.32 Å². The predicted octanol–water partition coefficient (Wildman–Crippen LogP) is 3.54. The zero-order chi connectivity index (χ0) is 16.6. The lowest BCUT2D eigenvalue weighted by atomic mass is 10.4. The SMILES string of the molecule is Cc1cc(C)n(-c2ccc(NCc3cc(Cl)c(Cl)n3C)nn2)n1. The summed E-state index contributed by atoms with van der Waals surface area (Å²) in [7, 11) is 1.86. The molecule has 6 nitrogen and oxygen atoms in total. The molecule has 0 aliphatic carbocycles. The van der Waals surface area contributed by atoms with E-state index in [-0.39, 0.29) is 0 Å². The van der Waals surface area contributed by atoms with Crippen molar-refractivity contribution in [2.45, 2.75) is 20.4 Å². The fourth-order valence-corrected chi connectivity index (χ4v) is 2.75. The molecule has 0 bridgehead atoms. The van der Waals surface area contributed by atoms with E-state index >= 15 is 0 Å². The molecule has 120 valence electrons. The first kappa shape index (κ1) is 15.8. The van der Waals surface area contributed by atoms with Gasteiger partial charge in [-0.15, -0.1) is 10.2 Å². The second-order valence-corrected chi connectivity index (χ2v) is 6.07. The third-order valence-corrected chi connectivity index (χ3v) is 4.39. The molecule has 0 unspecified atom stereocenters. The van der Waals surface area contributed by atoms with Crippen molar-refractivity contribution in [3.8, 4) is 5.82 Å². The number of hydrogen-bond acceptors (Lipinski definition) is 4. The molecule has 0 amide bonds. The molecule has 0 aliphatic heterocycles. The quantitative estimate of drug-likeness (QED) is 0.781. The van der Waals surface area contributed by atoms with Crippen LogP contribution in [0.3, 0.4) is 0 Å². The van der Waals surface area contributed by atoms with E-state index in [2.05, 4.69) is 20.6 Å². The highest BCUT2D eigenvalue weighted by Gasteiger charge is 2.09. The maximum Gasteiger partial charge on any atom is 0.176 e. The van der Waals surface area contributed by atoms with E-state index in [0.29, 0.717) is 28.4 Å². The molecule has 0 aromatic carbocycles. The summed E-state index contributed by atoms with van der Waals surface area (Å²) < 4.78 is 3.59. The Labute approximate surface area is 144 Å². The van der Waals surface area contributed by atoms with Crippen LogP contribution in [0.2, 0.25) is 10.2 Å². The Morgan fingerprint density at radius 2 is 1.91 bits per heavy atom. The first-order valence-corrected chi connectivity index (χ1v) is 7.82. The van der Waals surface area contributed by atoms with E-state index in [1.54, 1.807) is 4.68 Å². The van der Waals surface area contributed by atoms with Gasteiger partial charge >= 0.3 is 0 Å². The van der Waals surface area contributed by atoms with E-state index in [1.807, 2.05) is 49.7 Å². The number of halogens is 2. The van der Waals surface area contributed by atoms with Gasteiger partial charge in [0.15, 0.2) is 5.82 Å². The Bertz CT molecular complexity index is 835. The summed E-state index contributed by atoms with van der Waals surface area (Å²) >= 11 is 12.1. The van der Waals surface area contributed by atoms with Gasteiger partial charge in [0, 0.05) is 18.4 Å². The summed E-state index contributed by atoms with van der Waals surface area (Å²) in [5.41, 5.74) is 2.93. The van der Waals surface area contributed by atoms with Gasteiger partial charge in [0.05, 0.1) is 17.3 Å². The molecule has 3 heterocycles. The van der Waals surface area contributed by atoms with Crippen LogP contribution in [0.5, 0.6) is 0 Å². The number of anilines is 1. The van der Waals surface area contributed by atoms with E-state index < -0.39 is 0 Å². The summed E-state index contributed by atoms with van der Waals surface area (Å²) in [5, 5.41) is 17.0. The third kappa shape index (κ3) is 3.18. The lowest BCUT2D eigenvalue weighted by Crippen LogP contribution is -2.08. The van der Waals surface area contributed by atoms with Gasteiger partial charge in [-0.2, -0.15) is 5.10 Å². The maximum atomic E-state index is 6.05. The van der Waals surface area contributed by atoms with E-state index in [4.69, 9.17) is 23.2 Å². The standard InChI is InChI=1S/C15H16Cl2N6/c1-9-6-10(2)23(21-9)14-5-4-13(19-20-14)18-8-11-7-12(16)15(17)22(11)3/h4-7H,8H2,1-3H3,(H,18,19). The molecule has 3 aromatic heterocycles. The lowest BCUT2D eigenvalue weighted by molar-refractivity contribution is 0.780. The lowest BCUT2D eigenvalue weighted by Gasteiger charge is -2.08. The van der Waals surface area contributed by atoms with Crippen molar-refractivity contribution >= 4 is 29.0 Å². The second kappa shape index (κ2) is 6.22. The predicted molar refractivity (Wildman–Crippen MR) is 91.4 cm³/mol. The first-order valence-electron chi connectivity index (χ1n) is 7.06. The monoisotopic (exact) mass is 350 g/mol. The average Bonchev–Trinajstić information content (AvgIpc) is 2.99. The number of hydrogen-bond donors (Lipinski definition) is 1. The van der Waals surface area contributed by atoms with Gasteiger partial charge in [-0.05, 0) is 38.1 Å². The van der Waals surface area contributed by atoms with Crippen LogP contribution in [0.25, 0.3) is 5.82 Å². The highest BCUT2D eigenvalue weighted by molar-refractivity contribution is 6.41. The zero-order valence-corrected chi connectivity index (χ0v) is 14.5. The number of aryl methyl sites for hydroxylation is 2. The molecular weight excluding hydrogens is 335 g/mol. The zero-order valence-electron chi connectivity index (χ0n) is 13.0. The Morgan fingerprint density at radius 3 is 2.43 bits per heavy atom. The van der Waals surface area contributed by atoms with Gasteiger partial charge in [0.1, 0.15) is 11.0 Å². The molecule has 0 saturated heterocycles. The van der Waals surface area contributed by atoms with Gasteiger partial charge in [-0.3, -0.25) is 0 Å². The van der Waals surface area contributed by atoms with Gasteiger partial charge in [0.25, 0.3) is 0 Å². The normalized spacial score (nSPS) is 11.0. The highest BCUT2D eigenvalue weighted by Crippen LogP contribution is 2.25. The molecule has 23 heavy (non-hydrogen) atoms. The topological polar surface area (TPSA) is 60.6 Å². The molecule has 0 fully saturated rings. The van der Waals surface area contributed by atoms with E-state index in [0.717, 1.165) is 17.1 Å². The minimum atomic E-state index is 0.523. The molecular formula is C15H16Cl2N6.